The van der Waals surface area contributed by atoms with Crippen LogP contribution in [0.1, 0.15) is 44.1 Å². The second-order valence-corrected chi connectivity index (χ2v) is 6.21. The zero-order chi connectivity index (χ0) is 14.7. The molecule has 0 aliphatic heterocycles. The van der Waals surface area contributed by atoms with Crippen LogP contribution < -0.4 is 11.1 Å². The van der Waals surface area contributed by atoms with Crippen LogP contribution >= 0.6 is 12.2 Å². The first kappa shape index (κ1) is 14.3. The molecule has 3 N–H and O–H groups in total. The van der Waals surface area contributed by atoms with Crippen molar-refractivity contribution in [1.29, 1.82) is 0 Å². The van der Waals surface area contributed by atoms with E-state index in [0.29, 0.717) is 11.0 Å². The third-order valence-electron chi connectivity index (χ3n) is 4.19. The van der Waals surface area contributed by atoms with Crippen LogP contribution in [0.15, 0.2) is 30.3 Å². The highest BCUT2D eigenvalue weighted by atomic mass is 32.1. The molecule has 0 amide bonds. The van der Waals surface area contributed by atoms with Crippen LogP contribution in [-0.2, 0) is 0 Å². The topological polar surface area (TPSA) is 50.9 Å². The van der Waals surface area contributed by atoms with E-state index in [-0.39, 0.29) is 0 Å². The minimum atomic E-state index is 0.428. The number of thiocarbonyl (C=S) groups is 1. The fourth-order valence-corrected chi connectivity index (χ4v) is 3.25. The summed E-state index contributed by atoms with van der Waals surface area (Å²) in [5, 5.41) is 4.61. The Kier molecular flexibility index (Phi) is 4.34. The van der Waals surface area contributed by atoms with Crippen molar-refractivity contribution >= 4 is 33.9 Å². The maximum absolute atomic E-state index is 5.88. The van der Waals surface area contributed by atoms with E-state index in [1.807, 2.05) is 30.3 Å². The Morgan fingerprint density at radius 3 is 2.57 bits per heavy atom. The second-order valence-electron chi connectivity index (χ2n) is 5.77. The molecular weight excluding hydrogens is 278 g/mol. The van der Waals surface area contributed by atoms with Crippen LogP contribution in [0.2, 0.25) is 0 Å². The maximum Gasteiger partial charge on any atom is 0.127 e. The average molecular weight is 299 g/mol. The number of benzene rings is 1. The molecule has 21 heavy (non-hydrogen) atoms. The number of pyridine rings is 1. The molecule has 0 atom stereocenters. The fraction of sp³-hybridized carbons (Fsp3) is 0.412. The minimum Gasteiger partial charge on any atom is -0.389 e. The third-order valence-corrected chi connectivity index (χ3v) is 4.41. The van der Waals surface area contributed by atoms with Crippen molar-refractivity contribution in [3.63, 3.8) is 0 Å². The highest BCUT2D eigenvalue weighted by Crippen LogP contribution is 2.24. The predicted octanol–water partition coefficient (Wildman–Crippen LogP) is 4.00. The van der Waals surface area contributed by atoms with Crippen molar-refractivity contribution in [2.45, 2.75) is 44.6 Å². The van der Waals surface area contributed by atoms with E-state index in [4.69, 9.17) is 22.9 Å². The average Bonchev–Trinajstić information content (AvgIpc) is 2.75. The van der Waals surface area contributed by atoms with Gasteiger partial charge in [-0.05, 0) is 25.0 Å². The minimum absolute atomic E-state index is 0.428. The van der Waals surface area contributed by atoms with Gasteiger partial charge >= 0.3 is 0 Å². The number of hydrogen-bond donors (Lipinski definition) is 2. The van der Waals surface area contributed by atoms with E-state index in [9.17, 15) is 0 Å². The normalized spacial score (nSPS) is 16.6. The van der Waals surface area contributed by atoms with Crippen molar-refractivity contribution in [3.05, 3.63) is 35.9 Å². The molecule has 1 fully saturated rings. The molecule has 1 aromatic carbocycles. The molecule has 0 unspecified atom stereocenters. The number of fused-ring (bicyclic) bond motifs is 1. The monoisotopic (exact) mass is 299 g/mol. The van der Waals surface area contributed by atoms with Gasteiger partial charge in [-0.25, -0.2) is 4.98 Å². The molecular formula is C17H21N3S. The summed E-state index contributed by atoms with van der Waals surface area (Å²) in [6.45, 7) is 0. The molecule has 3 rings (SSSR count). The number of anilines is 1. The zero-order valence-electron chi connectivity index (χ0n) is 12.1. The first-order chi connectivity index (χ1) is 10.2. The quantitative estimate of drug-likeness (QED) is 0.664. The molecule has 0 bridgehead atoms. The maximum atomic E-state index is 5.88. The summed E-state index contributed by atoms with van der Waals surface area (Å²) in [5.41, 5.74) is 7.74. The molecule has 0 spiro atoms. The number of nitrogens with two attached hydrogens (primary N) is 1. The van der Waals surface area contributed by atoms with E-state index >= 15 is 0 Å². The predicted molar refractivity (Wildman–Crippen MR) is 92.7 cm³/mol. The Hall–Kier alpha value is -1.68. The molecule has 4 heteroatoms. The van der Waals surface area contributed by atoms with Crippen molar-refractivity contribution < 1.29 is 0 Å². The second kappa shape index (κ2) is 6.39. The smallest absolute Gasteiger partial charge is 0.127 e. The van der Waals surface area contributed by atoms with Gasteiger partial charge < -0.3 is 11.1 Å². The van der Waals surface area contributed by atoms with Crippen LogP contribution in [0.3, 0.4) is 0 Å². The van der Waals surface area contributed by atoms with E-state index < -0.39 is 0 Å². The van der Waals surface area contributed by atoms with Crippen LogP contribution in [0, 0.1) is 0 Å². The van der Waals surface area contributed by atoms with Gasteiger partial charge in [0.05, 0.1) is 5.52 Å². The zero-order valence-corrected chi connectivity index (χ0v) is 13.0. The fourth-order valence-electron chi connectivity index (χ4n) is 3.09. The van der Waals surface area contributed by atoms with Crippen LogP contribution in [-0.4, -0.2) is 16.0 Å². The van der Waals surface area contributed by atoms with Gasteiger partial charge in [-0.3, -0.25) is 0 Å². The van der Waals surface area contributed by atoms with Gasteiger partial charge in [0, 0.05) is 17.0 Å². The summed E-state index contributed by atoms with van der Waals surface area (Å²) in [6, 6.07) is 10.5. The Bertz CT molecular complexity index is 646. The SMILES string of the molecule is NC(=S)c1cc(NC2CCCCCC2)nc2ccccc12. The Morgan fingerprint density at radius 1 is 1.14 bits per heavy atom. The Labute approximate surface area is 130 Å². The number of hydrogen-bond acceptors (Lipinski definition) is 3. The third kappa shape index (κ3) is 3.32. The van der Waals surface area contributed by atoms with Crippen molar-refractivity contribution in [1.82, 2.24) is 4.98 Å². The highest BCUT2D eigenvalue weighted by Gasteiger charge is 2.14. The molecule has 3 nitrogen and oxygen atoms in total. The van der Waals surface area contributed by atoms with E-state index in [1.54, 1.807) is 0 Å². The van der Waals surface area contributed by atoms with Crippen LogP contribution in [0.5, 0.6) is 0 Å². The first-order valence-corrected chi connectivity index (χ1v) is 8.11. The van der Waals surface area contributed by atoms with Gasteiger partial charge in [-0.1, -0.05) is 56.1 Å². The van der Waals surface area contributed by atoms with Crippen molar-refractivity contribution in [3.8, 4) is 0 Å². The molecule has 0 saturated heterocycles. The lowest BCUT2D eigenvalue weighted by molar-refractivity contribution is 0.618. The van der Waals surface area contributed by atoms with Crippen LogP contribution in [0.25, 0.3) is 10.9 Å². The highest BCUT2D eigenvalue weighted by molar-refractivity contribution is 7.80. The molecule has 110 valence electrons. The van der Waals surface area contributed by atoms with Gasteiger partial charge in [-0.15, -0.1) is 0 Å². The van der Waals surface area contributed by atoms with E-state index in [0.717, 1.165) is 22.3 Å². The molecule has 1 aliphatic carbocycles. The summed E-state index contributed by atoms with van der Waals surface area (Å²) in [4.78, 5) is 5.14. The first-order valence-electron chi connectivity index (χ1n) is 7.70. The molecule has 1 aliphatic rings. The summed E-state index contributed by atoms with van der Waals surface area (Å²) in [5.74, 6) is 0.892. The van der Waals surface area contributed by atoms with Gasteiger partial charge in [0.2, 0.25) is 0 Å². The summed E-state index contributed by atoms with van der Waals surface area (Å²) in [6.07, 6.45) is 7.73. The summed E-state index contributed by atoms with van der Waals surface area (Å²) < 4.78 is 0. The summed E-state index contributed by atoms with van der Waals surface area (Å²) >= 11 is 5.20. The number of nitrogens with one attached hydrogen (secondary N) is 1. The number of para-hydroxylation sites is 1. The van der Waals surface area contributed by atoms with Gasteiger partial charge in [-0.2, -0.15) is 0 Å². The largest absolute Gasteiger partial charge is 0.389 e. The lowest BCUT2D eigenvalue weighted by Gasteiger charge is -2.18. The van der Waals surface area contributed by atoms with E-state index in [1.165, 1.54) is 38.5 Å². The molecule has 2 aromatic rings. The van der Waals surface area contributed by atoms with Crippen LogP contribution in [0.4, 0.5) is 5.82 Å². The number of aromatic nitrogens is 1. The van der Waals surface area contributed by atoms with Gasteiger partial charge in [0.15, 0.2) is 0 Å². The molecule has 1 heterocycles. The summed E-state index contributed by atoms with van der Waals surface area (Å²) in [7, 11) is 0. The lowest BCUT2D eigenvalue weighted by atomic mass is 10.1. The van der Waals surface area contributed by atoms with E-state index in [2.05, 4.69) is 5.32 Å². The Morgan fingerprint density at radius 2 is 1.86 bits per heavy atom. The van der Waals surface area contributed by atoms with Crippen molar-refractivity contribution in [2.24, 2.45) is 5.73 Å². The standard InChI is InChI=1S/C17H21N3S/c18-17(21)14-11-16(19-12-7-3-1-2-4-8-12)20-15-10-6-5-9-13(14)15/h5-6,9-12H,1-4,7-8H2,(H2,18,21)(H,19,20). The van der Waals surface area contributed by atoms with Crippen molar-refractivity contribution in [2.75, 3.05) is 5.32 Å². The Balaban J connectivity index is 1.93. The van der Waals surface area contributed by atoms with Gasteiger partial charge in [0.1, 0.15) is 10.8 Å². The molecule has 0 radical (unpaired) electrons. The number of rotatable bonds is 3. The van der Waals surface area contributed by atoms with Gasteiger partial charge in [0.25, 0.3) is 0 Å². The molecule has 1 saturated carbocycles. The lowest BCUT2D eigenvalue weighted by Crippen LogP contribution is -2.20. The molecule has 1 aromatic heterocycles. The number of nitrogens with zero attached hydrogens (tertiary/aromatic N) is 1.